The SMILES string of the molecule is N[C@@H]1COC[C@H]1C(=O)O.N[C@H]1COC[C@@H]1C(=O)O. The first-order valence-electron chi connectivity index (χ1n) is 5.55. The molecule has 2 fully saturated rings. The standard InChI is InChI=1S/2C5H9NO3/c2*6-4-2-9-1-3(4)5(7)8/h2*3-4H,1-2,6H2,(H,7,8)/t2*3-,4-/m10/s1. The summed E-state index contributed by atoms with van der Waals surface area (Å²) in [5.41, 5.74) is 10.7. The van der Waals surface area contributed by atoms with Crippen molar-refractivity contribution in [2.75, 3.05) is 26.4 Å². The summed E-state index contributed by atoms with van der Waals surface area (Å²) in [5, 5.41) is 16.8. The number of nitrogens with two attached hydrogens (primary N) is 2. The minimum absolute atomic E-state index is 0.260. The molecule has 2 heterocycles. The predicted molar refractivity (Wildman–Crippen MR) is 59.8 cm³/mol. The third-order valence-corrected chi connectivity index (χ3v) is 2.88. The molecule has 0 radical (unpaired) electrons. The van der Waals surface area contributed by atoms with Gasteiger partial charge in [-0.2, -0.15) is 0 Å². The molecule has 2 aliphatic heterocycles. The first-order chi connectivity index (χ1) is 8.43. The zero-order chi connectivity index (χ0) is 13.7. The van der Waals surface area contributed by atoms with E-state index in [0.29, 0.717) is 13.2 Å². The number of carboxylic acids is 2. The molecule has 2 rings (SSSR count). The van der Waals surface area contributed by atoms with Gasteiger partial charge in [0.1, 0.15) is 0 Å². The number of hydrogen-bond donors (Lipinski definition) is 4. The lowest BCUT2D eigenvalue weighted by Gasteiger charge is -2.04. The number of ether oxygens (including phenoxy) is 2. The summed E-state index contributed by atoms with van der Waals surface area (Å²) in [5.74, 6) is -2.71. The van der Waals surface area contributed by atoms with Crippen LogP contribution in [0.4, 0.5) is 0 Å². The second kappa shape index (κ2) is 6.64. The van der Waals surface area contributed by atoms with Crippen LogP contribution in [0.1, 0.15) is 0 Å². The third-order valence-electron chi connectivity index (χ3n) is 2.88. The van der Waals surface area contributed by atoms with Crippen molar-refractivity contribution in [1.29, 1.82) is 0 Å². The van der Waals surface area contributed by atoms with E-state index in [1.807, 2.05) is 0 Å². The van der Waals surface area contributed by atoms with Crippen LogP contribution in [-0.4, -0.2) is 60.7 Å². The molecule has 0 spiro atoms. The van der Waals surface area contributed by atoms with Gasteiger partial charge in [-0.05, 0) is 0 Å². The number of hydrogen-bond acceptors (Lipinski definition) is 6. The minimum Gasteiger partial charge on any atom is -0.481 e. The van der Waals surface area contributed by atoms with Crippen LogP contribution < -0.4 is 11.5 Å². The molecule has 0 unspecified atom stereocenters. The van der Waals surface area contributed by atoms with Crippen molar-refractivity contribution in [2.45, 2.75) is 12.1 Å². The van der Waals surface area contributed by atoms with Crippen LogP contribution in [0.5, 0.6) is 0 Å². The Bertz CT molecular complexity index is 281. The number of carbonyl (C=O) groups is 2. The van der Waals surface area contributed by atoms with Gasteiger partial charge >= 0.3 is 11.9 Å². The summed E-state index contributed by atoms with van der Waals surface area (Å²) in [4.78, 5) is 20.5. The normalized spacial score (nSPS) is 34.8. The van der Waals surface area contributed by atoms with E-state index in [1.165, 1.54) is 0 Å². The molecule has 0 saturated carbocycles. The fourth-order valence-corrected chi connectivity index (χ4v) is 1.65. The highest BCUT2D eigenvalue weighted by Crippen LogP contribution is 2.11. The number of rotatable bonds is 2. The molecular formula is C10H18N2O6. The quantitative estimate of drug-likeness (QED) is 0.451. The predicted octanol–water partition coefficient (Wildman–Crippen LogP) is -1.91. The molecule has 0 bridgehead atoms. The van der Waals surface area contributed by atoms with Gasteiger partial charge < -0.3 is 31.2 Å². The summed E-state index contributed by atoms with van der Waals surface area (Å²) in [6.07, 6.45) is 0. The van der Waals surface area contributed by atoms with Gasteiger partial charge in [-0.1, -0.05) is 0 Å². The molecule has 8 nitrogen and oxygen atoms in total. The van der Waals surface area contributed by atoms with E-state index < -0.39 is 23.8 Å². The van der Waals surface area contributed by atoms with Gasteiger partial charge in [0.25, 0.3) is 0 Å². The Morgan fingerprint density at radius 1 is 0.833 bits per heavy atom. The molecule has 104 valence electrons. The minimum atomic E-state index is -0.861. The lowest BCUT2D eigenvalue weighted by atomic mass is 10.1. The molecule has 0 aromatic rings. The maximum absolute atomic E-state index is 10.3. The first kappa shape index (κ1) is 14.8. The van der Waals surface area contributed by atoms with Crippen molar-refractivity contribution in [3.8, 4) is 0 Å². The zero-order valence-electron chi connectivity index (χ0n) is 9.82. The van der Waals surface area contributed by atoms with Crippen LogP contribution in [-0.2, 0) is 19.1 Å². The number of aliphatic carboxylic acids is 2. The van der Waals surface area contributed by atoms with Gasteiger partial charge in [-0.3, -0.25) is 9.59 Å². The maximum atomic E-state index is 10.3. The van der Waals surface area contributed by atoms with E-state index in [-0.39, 0.29) is 25.3 Å². The molecule has 18 heavy (non-hydrogen) atoms. The lowest BCUT2D eigenvalue weighted by Crippen LogP contribution is -2.33. The summed E-state index contributed by atoms with van der Waals surface area (Å²) in [6, 6.07) is -0.634. The van der Waals surface area contributed by atoms with Gasteiger partial charge in [0.15, 0.2) is 0 Å². The Labute approximate surface area is 104 Å². The van der Waals surface area contributed by atoms with Crippen molar-refractivity contribution in [1.82, 2.24) is 0 Å². The summed E-state index contributed by atoms with van der Waals surface area (Å²) in [7, 11) is 0. The highest BCUT2D eigenvalue weighted by molar-refractivity contribution is 5.71. The Morgan fingerprint density at radius 2 is 1.17 bits per heavy atom. The molecular weight excluding hydrogens is 244 g/mol. The Kier molecular flexibility index (Phi) is 5.48. The van der Waals surface area contributed by atoms with Crippen LogP contribution >= 0.6 is 0 Å². The van der Waals surface area contributed by atoms with Crippen LogP contribution in [0.25, 0.3) is 0 Å². The van der Waals surface area contributed by atoms with Gasteiger partial charge in [-0.15, -0.1) is 0 Å². The van der Waals surface area contributed by atoms with E-state index in [2.05, 4.69) is 0 Å². The lowest BCUT2D eigenvalue weighted by molar-refractivity contribution is -0.142. The van der Waals surface area contributed by atoms with Crippen LogP contribution in [0, 0.1) is 11.8 Å². The van der Waals surface area contributed by atoms with E-state index in [0.717, 1.165) is 0 Å². The van der Waals surface area contributed by atoms with Gasteiger partial charge in [0.2, 0.25) is 0 Å². The molecule has 0 aliphatic carbocycles. The zero-order valence-corrected chi connectivity index (χ0v) is 9.82. The largest absolute Gasteiger partial charge is 0.481 e. The molecule has 4 atom stereocenters. The molecule has 6 N–H and O–H groups in total. The Morgan fingerprint density at radius 3 is 1.28 bits per heavy atom. The van der Waals surface area contributed by atoms with Crippen LogP contribution in [0.15, 0.2) is 0 Å². The van der Waals surface area contributed by atoms with Crippen molar-refractivity contribution in [3.05, 3.63) is 0 Å². The van der Waals surface area contributed by atoms with Crippen molar-refractivity contribution in [3.63, 3.8) is 0 Å². The topological polar surface area (TPSA) is 145 Å². The first-order valence-corrected chi connectivity index (χ1v) is 5.55. The average molecular weight is 262 g/mol. The Balaban J connectivity index is 0.000000180. The van der Waals surface area contributed by atoms with Crippen molar-refractivity contribution in [2.24, 2.45) is 23.3 Å². The molecule has 0 amide bonds. The molecule has 0 aromatic carbocycles. The Hall–Kier alpha value is -1.22. The molecule has 2 saturated heterocycles. The average Bonchev–Trinajstić information content (AvgIpc) is 2.87. The highest BCUT2D eigenvalue weighted by Gasteiger charge is 2.31. The van der Waals surface area contributed by atoms with E-state index in [4.69, 9.17) is 31.2 Å². The van der Waals surface area contributed by atoms with Crippen molar-refractivity contribution < 1.29 is 29.3 Å². The van der Waals surface area contributed by atoms with Crippen LogP contribution in [0.3, 0.4) is 0 Å². The maximum Gasteiger partial charge on any atom is 0.310 e. The molecule has 8 heteroatoms. The van der Waals surface area contributed by atoms with E-state index in [1.54, 1.807) is 0 Å². The summed E-state index contributed by atoms with van der Waals surface area (Å²) >= 11 is 0. The highest BCUT2D eigenvalue weighted by atomic mass is 16.5. The van der Waals surface area contributed by atoms with Gasteiger partial charge in [0.05, 0.1) is 38.3 Å². The smallest absolute Gasteiger partial charge is 0.310 e. The van der Waals surface area contributed by atoms with Crippen LogP contribution in [0.2, 0.25) is 0 Å². The molecule has 0 aromatic heterocycles. The molecule has 2 aliphatic rings. The fourth-order valence-electron chi connectivity index (χ4n) is 1.65. The second-order valence-electron chi connectivity index (χ2n) is 4.29. The fraction of sp³-hybridized carbons (Fsp3) is 0.800. The summed E-state index contributed by atoms with van der Waals surface area (Å²) in [6.45, 7) is 1.26. The third kappa shape index (κ3) is 3.91. The summed E-state index contributed by atoms with van der Waals surface area (Å²) < 4.78 is 9.65. The van der Waals surface area contributed by atoms with E-state index in [9.17, 15) is 9.59 Å². The van der Waals surface area contributed by atoms with Crippen molar-refractivity contribution >= 4 is 11.9 Å². The van der Waals surface area contributed by atoms with E-state index >= 15 is 0 Å². The monoisotopic (exact) mass is 262 g/mol. The van der Waals surface area contributed by atoms with Gasteiger partial charge in [0, 0.05) is 12.1 Å². The second-order valence-corrected chi connectivity index (χ2v) is 4.29. The van der Waals surface area contributed by atoms with Gasteiger partial charge in [-0.25, -0.2) is 0 Å². The number of carboxylic acid groups (broad SMARTS) is 2.